The predicted octanol–water partition coefficient (Wildman–Crippen LogP) is 4.91. The first-order valence-corrected chi connectivity index (χ1v) is 8.27. The maximum Gasteiger partial charge on any atom is 0.135 e. The van der Waals surface area contributed by atoms with Crippen LogP contribution in [0.15, 0.2) is 30.6 Å². The van der Waals surface area contributed by atoms with Crippen molar-refractivity contribution >= 4 is 40.5 Å². The van der Waals surface area contributed by atoms with E-state index >= 15 is 0 Å². The summed E-state index contributed by atoms with van der Waals surface area (Å²) in [6, 6.07) is 7.28. The van der Waals surface area contributed by atoms with Crippen molar-refractivity contribution in [2.45, 2.75) is 25.7 Å². The molecule has 0 bridgehead atoms. The highest BCUT2D eigenvalue weighted by Gasteiger charge is 2.12. The number of hydrogen-bond donors (Lipinski definition) is 1. The van der Waals surface area contributed by atoms with Crippen LogP contribution in [0, 0.1) is 0 Å². The normalized spacial score (nSPS) is 15.5. The lowest BCUT2D eigenvalue weighted by Gasteiger charge is -2.21. The Bertz CT molecular complexity index is 640. The lowest BCUT2D eigenvalue weighted by Crippen LogP contribution is -2.25. The minimum atomic E-state index is 0.610. The monoisotopic (exact) mass is 336 g/mol. The summed E-state index contributed by atoms with van der Waals surface area (Å²) >= 11 is 12.2. The van der Waals surface area contributed by atoms with Gasteiger partial charge in [-0.25, -0.2) is 9.97 Å². The molecule has 2 heterocycles. The maximum absolute atomic E-state index is 6.18. The van der Waals surface area contributed by atoms with Crippen molar-refractivity contribution in [1.82, 2.24) is 9.97 Å². The standard InChI is InChI=1S/C16H18Cl2N4/c17-12-5-6-13(18)14(9-12)21-15-10-16(20-11-19-15)22-7-3-1-2-4-8-22/h5-6,9-11H,1-4,7-8H2,(H,19,20,21). The molecule has 1 aromatic carbocycles. The summed E-state index contributed by atoms with van der Waals surface area (Å²) in [7, 11) is 0. The van der Waals surface area contributed by atoms with Gasteiger partial charge in [-0.05, 0) is 31.0 Å². The van der Waals surface area contributed by atoms with Crippen LogP contribution < -0.4 is 10.2 Å². The lowest BCUT2D eigenvalue weighted by molar-refractivity contribution is 0.726. The highest BCUT2D eigenvalue weighted by molar-refractivity contribution is 6.35. The van der Waals surface area contributed by atoms with Crippen molar-refractivity contribution in [3.63, 3.8) is 0 Å². The Labute approximate surface area is 140 Å². The molecule has 6 heteroatoms. The smallest absolute Gasteiger partial charge is 0.135 e. The molecule has 4 nitrogen and oxygen atoms in total. The van der Waals surface area contributed by atoms with E-state index in [1.54, 1.807) is 24.5 Å². The van der Waals surface area contributed by atoms with Crippen LogP contribution in [0.3, 0.4) is 0 Å². The van der Waals surface area contributed by atoms with Crippen LogP contribution in [-0.4, -0.2) is 23.1 Å². The van der Waals surface area contributed by atoms with Crippen molar-refractivity contribution in [3.05, 3.63) is 40.6 Å². The molecule has 2 aromatic rings. The zero-order valence-electron chi connectivity index (χ0n) is 12.2. The fraction of sp³-hybridized carbons (Fsp3) is 0.375. The van der Waals surface area contributed by atoms with Crippen molar-refractivity contribution in [3.8, 4) is 0 Å². The zero-order chi connectivity index (χ0) is 15.4. The molecule has 0 unspecified atom stereocenters. The average molecular weight is 337 g/mol. The number of nitrogens with one attached hydrogen (secondary N) is 1. The SMILES string of the molecule is Clc1ccc(Cl)c(Nc2cc(N3CCCCCC3)ncn2)c1. The van der Waals surface area contributed by atoms with E-state index in [1.807, 2.05) is 6.07 Å². The summed E-state index contributed by atoms with van der Waals surface area (Å²) in [5.74, 6) is 1.68. The number of aromatic nitrogens is 2. The topological polar surface area (TPSA) is 41.0 Å². The van der Waals surface area contributed by atoms with Crippen LogP contribution in [-0.2, 0) is 0 Å². The third-order valence-corrected chi connectivity index (χ3v) is 4.34. The van der Waals surface area contributed by atoms with E-state index < -0.39 is 0 Å². The number of hydrogen-bond acceptors (Lipinski definition) is 4. The van der Waals surface area contributed by atoms with Crippen LogP contribution in [0.2, 0.25) is 10.0 Å². The molecule has 116 valence electrons. The van der Waals surface area contributed by atoms with E-state index in [-0.39, 0.29) is 0 Å². The van der Waals surface area contributed by atoms with Crippen LogP contribution in [0.5, 0.6) is 0 Å². The van der Waals surface area contributed by atoms with Gasteiger partial charge in [-0.15, -0.1) is 0 Å². The second-order valence-corrected chi connectivity index (χ2v) is 6.26. The first kappa shape index (κ1) is 15.4. The number of rotatable bonds is 3. The molecule has 0 atom stereocenters. The second-order valence-electron chi connectivity index (χ2n) is 5.41. The van der Waals surface area contributed by atoms with E-state index in [0.717, 1.165) is 30.4 Å². The molecule has 1 aliphatic heterocycles. The summed E-state index contributed by atoms with van der Waals surface area (Å²) in [5.41, 5.74) is 0.745. The largest absolute Gasteiger partial charge is 0.356 e. The van der Waals surface area contributed by atoms with E-state index in [4.69, 9.17) is 23.2 Å². The Hall–Kier alpha value is -1.52. The molecule has 1 aliphatic rings. The maximum atomic E-state index is 6.18. The summed E-state index contributed by atoms with van der Waals surface area (Å²) < 4.78 is 0. The fourth-order valence-electron chi connectivity index (χ4n) is 2.62. The molecular formula is C16H18Cl2N4. The number of benzene rings is 1. The molecule has 1 aromatic heterocycles. The molecule has 0 spiro atoms. The third kappa shape index (κ3) is 3.81. The van der Waals surface area contributed by atoms with E-state index in [0.29, 0.717) is 10.0 Å². The van der Waals surface area contributed by atoms with E-state index in [2.05, 4.69) is 20.2 Å². The molecular weight excluding hydrogens is 319 g/mol. The molecule has 0 amide bonds. The van der Waals surface area contributed by atoms with Gasteiger partial charge in [-0.3, -0.25) is 0 Å². The quantitative estimate of drug-likeness (QED) is 0.864. The molecule has 22 heavy (non-hydrogen) atoms. The zero-order valence-corrected chi connectivity index (χ0v) is 13.7. The van der Waals surface area contributed by atoms with Crippen LogP contribution in [0.25, 0.3) is 0 Å². The minimum Gasteiger partial charge on any atom is -0.356 e. The Morgan fingerprint density at radius 3 is 2.50 bits per heavy atom. The number of halogens is 2. The van der Waals surface area contributed by atoms with Gasteiger partial charge in [0.05, 0.1) is 10.7 Å². The van der Waals surface area contributed by atoms with Gasteiger partial charge in [0.25, 0.3) is 0 Å². The highest BCUT2D eigenvalue weighted by Crippen LogP contribution is 2.28. The van der Waals surface area contributed by atoms with Gasteiger partial charge < -0.3 is 10.2 Å². The van der Waals surface area contributed by atoms with Gasteiger partial charge in [0.2, 0.25) is 0 Å². The van der Waals surface area contributed by atoms with Crippen LogP contribution in [0.4, 0.5) is 17.3 Å². The van der Waals surface area contributed by atoms with Gasteiger partial charge >= 0.3 is 0 Å². The predicted molar refractivity (Wildman–Crippen MR) is 92.5 cm³/mol. The molecule has 3 rings (SSSR count). The average Bonchev–Trinajstić information content (AvgIpc) is 2.80. The van der Waals surface area contributed by atoms with Gasteiger partial charge in [0, 0.05) is 24.2 Å². The molecule has 1 N–H and O–H groups in total. The summed E-state index contributed by atoms with van der Waals surface area (Å²) in [6.07, 6.45) is 6.61. The summed E-state index contributed by atoms with van der Waals surface area (Å²) in [4.78, 5) is 11.0. The van der Waals surface area contributed by atoms with Crippen LogP contribution in [0.1, 0.15) is 25.7 Å². The van der Waals surface area contributed by atoms with Crippen LogP contribution >= 0.6 is 23.2 Å². The van der Waals surface area contributed by atoms with Gasteiger partial charge in [-0.1, -0.05) is 36.0 Å². The Morgan fingerprint density at radius 1 is 0.955 bits per heavy atom. The molecule has 1 saturated heterocycles. The Morgan fingerprint density at radius 2 is 1.73 bits per heavy atom. The van der Waals surface area contributed by atoms with Crippen molar-refractivity contribution < 1.29 is 0 Å². The highest BCUT2D eigenvalue weighted by atomic mass is 35.5. The molecule has 0 radical (unpaired) electrons. The first-order chi connectivity index (χ1) is 10.7. The van der Waals surface area contributed by atoms with Crippen molar-refractivity contribution in [2.24, 2.45) is 0 Å². The molecule has 0 aliphatic carbocycles. The van der Waals surface area contributed by atoms with Gasteiger partial charge in [0.1, 0.15) is 18.0 Å². The van der Waals surface area contributed by atoms with Gasteiger partial charge in [0.15, 0.2) is 0 Å². The van der Waals surface area contributed by atoms with Crippen molar-refractivity contribution in [1.29, 1.82) is 0 Å². The van der Waals surface area contributed by atoms with E-state index in [1.165, 1.54) is 25.7 Å². The summed E-state index contributed by atoms with van der Waals surface area (Å²) in [6.45, 7) is 2.10. The molecule has 0 saturated carbocycles. The molecule has 1 fully saturated rings. The third-order valence-electron chi connectivity index (χ3n) is 3.77. The second kappa shape index (κ2) is 7.16. The number of nitrogens with zero attached hydrogens (tertiary/aromatic N) is 3. The van der Waals surface area contributed by atoms with Gasteiger partial charge in [-0.2, -0.15) is 0 Å². The fourth-order valence-corrected chi connectivity index (χ4v) is 2.96. The van der Waals surface area contributed by atoms with E-state index in [9.17, 15) is 0 Å². The minimum absolute atomic E-state index is 0.610. The lowest BCUT2D eigenvalue weighted by atomic mass is 10.2. The summed E-state index contributed by atoms with van der Waals surface area (Å²) in [5, 5.41) is 4.46. The Balaban J connectivity index is 1.80. The van der Waals surface area contributed by atoms with Crippen molar-refractivity contribution in [2.75, 3.05) is 23.3 Å². The first-order valence-electron chi connectivity index (χ1n) is 7.51. The Kier molecular flexibility index (Phi) is 5.01. The number of anilines is 3.